The third-order valence-electron chi connectivity index (χ3n) is 1.60. The Kier molecular flexibility index (Phi) is 7.09. The molecular formula is C8H14Cl2O. The van der Waals surface area contributed by atoms with Crippen molar-refractivity contribution in [2.75, 3.05) is 0 Å². The summed E-state index contributed by atoms with van der Waals surface area (Å²) in [6, 6.07) is 0. The lowest BCUT2D eigenvalue weighted by atomic mass is 10.0. The van der Waals surface area contributed by atoms with Crippen LogP contribution < -0.4 is 0 Å². The summed E-state index contributed by atoms with van der Waals surface area (Å²) in [6.07, 6.45) is 4.64. The zero-order valence-corrected chi connectivity index (χ0v) is 8.24. The summed E-state index contributed by atoms with van der Waals surface area (Å²) in [5.41, 5.74) is 0. The minimum absolute atomic E-state index is 0.0509. The summed E-state index contributed by atoms with van der Waals surface area (Å²) in [5.74, 6) is 0.0509. The van der Waals surface area contributed by atoms with Gasteiger partial charge in [0.2, 0.25) is 0 Å². The van der Waals surface area contributed by atoms with Gasteiger partial charge in [-0.15, -0.1) is 23.2 Å². The average Bonchev–Trinajstić information content (AvgIpc) is 1.97. The zero-order chi connectivity index (χ0) is 8.69. The number of alkyl halides is 2. The van der Waals surface area contributed by atoms with Crippen LogP contribution in [0, 0.1) is 5.92 Å². The number of carbonyl (C=O) groups is 1. The fourth-order valence-electron chi connectivity index (χ4n) is 0.937. The third-order valence-corrected chi connectivity index (χ3v) is 1.96. The summed E-state index contributed by atoms with van der Waals surface area (Å²) >= 11 is 11.1. The highest BCUT2D eigenvalue weighted by atomic mass is 35.5. The first-order chi connectivity index (χ1) is 5.20. The van der Waals surface area contributed by atoms with Gasteiger partial charge in [0.05, 0.1) is 0 Å². The van der Waals surface area contributed by atoms with E-state index >= 15 is 0 Å². The molecule has 66 valence electrons. The maximum Gasteiger partial charge on any atom is 0.123 e. The normalized spacial score (nSPS) is 13.5. The largest absolute Gasteiger partial charge is 0.303 e. The van der Waals surface area contributed by atoms with Crippen LogP contribution in [0.3, 0.4) is 0 Å². The predicted molar refractivity (Wildman–Crippen MR) is 49.2 cm³/mol. The van der Waals surface area contributed by atoms with Gasteiger partial charge in [0.15, 0.2) is 0 Å². The van der Waals surface area contributed by atoms with Gasteiger partial charge in [-0.2, -0.15) is 0 Å². The first-order valence-electron chi connectivity index (χ1n) is 3.94. The Morgan fingerprint density at radius 2 is 2.09 bits per heavy atom. The fourth-order valence-corrected chi connectivity index (χ4v) is 1.39. The van der Waals surface area contributed by atoms with E-state index in [1.807, 2.05) is 0 Å². The lowest BCUT2D eigenvalue weighted by molar-refractivity contribution is -0.111. The molecule has 0 radical (unpaired) electrons. The van der Waals surface area contributed by atoms with E-state index in [-0.39, 0.29) is 5.92 Å². The van der Waals surface area contributed by atoms with Gasteiger partial charge in [-0.1, -0.05) is 19.8 Å². The number of halogens is 2. The van der Waals surface area contributed by atoms with Crippen LogP contribution in [-0.4, -0.2) is 11.1 Å². The van der Waals surface area contributed by atoms with Crippen LogP contribution in [0.2, 0.25) is 0 Å². The second kappa shape index (κ2) is 6.93. The Hall–Kier alpha value is 0.250. The molecule has 0 N–H and O–H groups in total. The Bertz CT molecular complexity index is 104. The molecule has 1 atom stereocenters. The van der Waals surface area contributed by atoms with E-state index < -0.39 is 4.84 Å². The van der Waals surface area contributed by atoms with Crippen molar-refractivity contribution in [1.29, 1.82) is 0 Å². The Morgan fingerprint density at radius 3 is 2.45 bits per heavy atom. The molecule has 3 heteroatoms. The summed E-state index contributed by atoms with van der Waals surface area (Å²) in [4.78, 5) is 10.0. The second-order valence-corrected chi connectivity index (χ2v) is 3.94. The summed E-state index contributed by atoms with van der Waals surface area (Å²) in [5, 5.41) is 0. The maximum atomic E-state index is 10.4. The average molecular weight is 197 g/mol. The first-order valence-corrected chi connectivity index (χ1v) is 4.81. The third kappa shape index (κ3) is 6.64. The van der Waals surface area contributed by atoms with Crippen molar-refractivity contribution in [2.24, 2.45) is 5.92 Å². The monoisotopic (exact) mass is 196 g/mol. The van der Waals surface area contributed by atoms with Gasteiger partial charge < -0.3 is 4.79 Å². The highest BCUT2D eigenvalue weighted by Gasteiger charge is 2.10. The summed E-state index contributed by atoms with van der Waals surface area (Å²) in [7, 11) is 0. The van der Waals surface area contributed by atoms with Crippen LogP contribution in [0.5, 0.6) is 0 Å². The fraction of sp³-hybridized carbons (Fsp3) is 0.875. The van der Waals surface area contributed by atoms with E-state index in [1.54, 1.807) is 0 Å². The lowest BCUT2D eigenvalue weighted by Gasteiger charge is -2.08. The molecule has 1 unspecified atom stereocenters. The SMILES string of the molecule is CCCCC(C=O)CC(Cl)Cl. The van der Waals surface area contributed by atoms with Crippen molar-refractivity contribution < 1.29 is 4.79 Å². The maximum absolute atomic E-state index is 10.4. The van der Waals surface area contributed by atoms with Crippen LogP contribution >= 0.6 is 23.2 Å². The van der Waals surface area contributed by atoms with E-state index in [4.69, 9.17) is 23.2 Å². The molecule has 0 aromatic heterocycles. The van der Waals surface area contributed by atoms with Gasteiger partial charge in [0.25, 0.3) is 0 Å². The molecule has 0 bridgehead atoms. The van der Waals surface area contributed by atoms with Gasteiger partial charge in [0.1, 0.15) is 11.1 Å². The predicted octanol–water partition coefficient (Wildman–Crippen LogP) is 3.19. The summed E-state index contributed by atoms with van der Waals surface area (Å²) in [6.45, 7) is 2.10. The van der Waals surface area contributed by atoms with Crippen molar-refractivity contribution in [3.05, 3.63) is 0 Å². The van der Waals surface area contributed by atoms with E-state index in [2.05, 4.69) is 6.92 Å². The molecule has 0 aliphatic carbocycles. The summed E-state index contributed by atoms with van der Waals surface area (Å²) < 4.78 is 0. The van der Waals surface area contributed by atoms with Crippen molar-refractivity contribution in [2.45, 2.75) is 37.4 Å². The molecule has 0 aliphatic heterocycles. The Morgan fingerprint density at radius 1 is 1.45 bits per heavy atom. The second-order valence-electron chi connectivity index (χ2n) is 2.67. The minimum Gasteiger partial charge on any atom is -0.303 e. The molecule has 0 saturated heterocycles. The molecule has 0 spiro atoms. The van der Waals surface area contributed by atoms with Crippen molar-refractivity contribution in [3.63, 3.8) is 0 Å². The number of unbranched alkanes of at least 4 members (excludes halogenated alkanes) is 1. The topological polar surface area (TPSA) is 17.1 Å². The van der Waals surface area contributed by atoms with Gasteiger partial charge in [0, 0.05) is 5.92 Å². The molecule has 0 aromatic rings. The number of rotatable bonds is 6. The molecule has 0 aromatic carbocycles. The van der Waals surface area contributed by atoms with Crippen molar-refractivity contribution in [1.82, 2.24) is 0 Å². The van der Waals surface area contributed by atoms with Crippen molar-refractivity contribution >= 4 is 29.5 Å². The van der Waals surface area contributed by atoms with E-state index in [1.165, 1.54) is 0 Å². The standard InChI is InChI=1S/C8H14Cl2O/c1-2-3-4-7(6-11)5-8(9)10/h6-8H,2-5H2,1H3. The molecular weight excluding hydrogens is 183 g/mol. The number of aldehydes is 1. The van der Waals surface area contributed by atoms with Gasteiger partial charge in [-0.25, -0.2) is 0 Å². The Labute approximate surface area is 78.1 Å². The molecule has 1 nitrogen and oxygen atoms in total. The lowest BCUT2D eigenvalue weighted by Crippen LogP contribution is -2.05. The van der Waals surface area contributed by atoms with Crippen molar-refractivity contribution in [3.8, 4) is 0 Å². The minimum atomic E-state index is -0.401. The molecule has 0 rings (SSSR count). The molecule has 0 saturated carbocycles. The molecule has 0 fully saturated rings. The quantitative estimate of drug-likeness (QED) is 0.472. The molecule has 11 heavy (non-hydrogen) atoms. The number of carbonyl (C=O) groups excluding carboxylic acids is 1. The Balaban J connectivity index is 3.49. The van der Waals surface area contributed by atoms with Crippen LogP contribution in [-0.2, 0) is 4.79 Å². The highest BCUT2D eigenvalue weighted by molar-refractivity contribution is 6.44. The van der Waals surface area contributed by atoms with Gasteiger partial charge >= 0.3 is 0 Å². The number of hydrogen-bond acceptors (Lipinski definition) is 1. The molecule has 0 aliphatic rings. The van der Waals surface area contributed by atoms with Crippen LogP contribution in [0.1, 0.15) is 32.6 Å². The highest BCUT2D eigenvalue weighted by Crippen LogP contribution is 2.18. The smallest absolute Gasteiger partial charge is 0.123 e. The van der Waals surface area contributed by atoms with Crippen LogP contribution in [0.15, 0.2) is 0 Å². The van der Waals surface area contributed by atoms with Gasteiger partial charge in [-0.3, -0.25) is 0 Å². The molecule has 0 amide bonds. The first kappa shape index (κ1) is 11.2. The van der Waals surface area contributed by atoms with Crippen LogP contribution in [0.25, 0.3) is 0 Å². The van der Waals surface area contributed by atoms with Gasteiger partial charge in [-0.05, 0) is 12.8 Å². The zero-order valence-electron chi connectivity index (χ0n) is 6.72. The molecule has 0 heterocycles. The number of hydrogen-bond donors (Lipinski definition) is 0. The van der Waals surface area contributed by atoms with Crippen LogP contribution in [0.4, 0.5) is 0 Å². The van der Waals surface area contributed by atoms with E-state index in [0.717, 1.165) is 25.5 Å². The van der Waals surface area contributed by atoms with E-state index in [0.29, 0.717) is 6.42 Å². The van der Waals surface area contributed by atoms with E-state index in [9.17, 15) is 4.79 Å².